The van der Waals surface area contributed by atoms with Crippen LogP contribution in [-0.4, -0.2) is 15.9 Å². The predicted octanol–water partition coefficient (Wildman–Crippen LogP) is 3.18. The van der Waals surface area contributed by atoms with E-state index in [1.54, 1.807) is 0 Å². The summed E-state index contributed by atoms with van der Waals surface area (Å²) in [6.07, 6.45) is 0. The monoisotopic (exact) mass is 186 g/mol. The highest BCUT2D eigenvalue weighted by atomic mass is 16.5. The molecule has 0 radical (unpaired) electrons. The maximum Gasteiger partial charge on any atom is 0.190 e. The van der Waals surface area contributed by atoms with E-state index in [0.29, 0.717) is 5.92 Å². The largest absolute Gasteiger partial charge is 0.600 e. The number of nitrogens with zero attached hydrogens (tertiary/aromatic N) is 2. The van der Waals surface area contributed by atoms with Crippen LogP contribution in [0.1, 0.15) is 48.5 Å². The van der Waals surface area contributed by atoms with Gasteiger partial charge >= 0.3 is 0 Å². The van der Waals surface area contributed by atoms with Crippen LogP contribution in [-0.2, 0) is 0 Å². The first-order valence-electron chi connectivity index (χ1n) is 4.77. The lowest BCUT2D eigenvalue weighted by Crippen LogP contribution is -2.33. The Labute approximate surface area is 81.4 Å². The van der Waals surface area contributed by atoms with Crippen molar-refractivity contribution in [3.05, 3.63) is 5.21 Å². The van der Waals surface area contributed by atoms with Crippen molar-refractivity contribution in [1.29, 1.82) is 0 Å². The van der Waals surface area contributed by atoms with E-state index in [4.69, 9.17) is 0 Å². The summed E-state index contributed by atoms with van der Waals surface area (Å²) in [5, 5.41) is 15.7. The first-order valence-corrected chi connectivity index (χ1v) is 4.77. The number of hydrogen-bond acceptors (Lipinski definition) is 2. The first-order chi connectivity index (χ1) is 5.57. The van der Waals surface area contributed by atoms with Crippen molar-refractivity contribution < 1.29 is 4.86 Å². The number of azo groups is 1. The Morgan fingerprint density at radius 2 is 1.46 bits per heavy atom. The van der Waals surface area contributed by atoms with Crippen LogP contribution in [0.3, 0.4) is 0 Å². The van der Waals surface area contributed by atoms with Crippen LogP contribution in [0.2, 0.25) is 0 Å². The molecule has 0 saturated carbocycles. The molecule has 0 aromatic rings. The van der Waals surface area contributed by atoms with Gasteiger partial charge in [0.1, 0.15) is 5.54 Å². The summed E-state index contributed by atoms with van der Waals surface area (Å²) >= 11 is 0. The molecule has 0 aromatic heterocycles. The Hall–Kier alpha value is -0.600. The molecular weight excluding hydrogens is 164 g/mol. The lowest BCUT2D eigenvalue weighted by Gasteiger charge is -2.24. The molecule has 0 aliphatic carbocycles. The lowest BCUT2D eigenvalue weighted by molar-refractivity contribution is -0.605. The third-order valence-electron chi connectivity index (χ3n) is 2.34. The fraction of sp³-hybridized carbons (Fsp3) is 1.00. The number of rotatable bonds is 2. The van der Waals surface area contributed by atoms with E-state index in [9.17, 15) is 5.21 Å². The Bertz CT molecular complexity index is 199. The number of hydroxylamine groups is 1. The van der Waals surface area contributed by atoms with Crippen molar-refractivity contribution in [2.45, 2.75) is 59.5 Å². The Morgan fingerprint density at radius 3 is 1.69 bits per heavy atom. The van der Waals surface area contributed by atoms with Crippen LogP contribution in [0.4, 0.5) is 0 Å². The summed E-state index contributed by atoms with van der Waals surface area (Å²) in [7, 11) is 0. The summed E-state index contributed by atoms with van der Waals surface area (Å²) in [6, 6.07) is 0. The minimum absolute atomic E-state index is 0.283. The molecule has 78 valence electrons. The van der Waals surface area contributed by atoms with Crippen molar-refractivity contribution in [2.75, 3.05) is 0 Å². The zero-order valence-corrected chi connectivity index (χ0v) is 9.88. The smallest absolute Gasteiger partial charge is 0.190 e. The van der Waals surface area contributed by atoms with Gasteiger partial charge in [-0.2, -0.15) is 0 Å². The normalized spacial score (nSPS) is 15.2. The highest BCUT2D eigenvalue weighted by Crippen LogP contribution is 2.22. The van der Waals surface area contributed by atoms with Gasteiger partial charge in [-0.3, -0.25) is 0 Å². The van der Waals surface area contributed by atoms with Gasteiger partial charge < -0.3 is 5.21 Å². The molecule has 0 N–H and O–H groups in total. The summed E-state index contributed by atoms with van der Waals surface area (Å²) in [4.78, 5) is 0.812. The molecule has 3 nitrogen and oxygen atoms in total. The third kappa shape index (κ3) is 3.75. The van der Waals surface area contributed by atoms with Crippen LogP contribution < -0.4 is 0 Å². The predicted molar refractivity (Wildman–Crippen MR) is 54.7 cm³/mol. The van der Waals surface area contributed by atoms with E-state index in [-0.39, 0.29) is 5.54 Å². The Kier molecular flexibility index (Phi) is 3.47. The summed E-state index contributed by atoms with van der Waals surface area (Å²) in [5.41, 5.74) is -0.721. The molecule has 0 aliphatic rings. The average Bonchev–Trinajstić information content (AvgIpc) is 1.83. The quantitative estimate of drug-likeness (QED) is 0.371. The van der Waals surface area contributed by atoms with Gasteiger partial charge in [-0.1, -0.05) is 18.7 Å². The maximum absolute atomic E-state index is 11.5. The minimum atomic E-state index is -0.438. The molecule has 0 spiro atoms. The molecule has 0 atom stereocenters. The van der Waals surface area contributed by atoms with Crippen LogP contribution in [0.5, 0.6) is 0 Å². The third-order valence-corrected chi connectivity index (χ3v) is 2.34. The maximum atomic E-state index is 11.5. The van der Waals surface area contributed by atoms with Gasteiger partial charge in [0.05, 0.1) is 0 Å². The topological polar surface area (TPSA) is 38.4 Å². The van der Waals surface area contributed by atoms with E-state index < -0.39 is 5.54 Å². The minimum Gasteiger partial charge on any atom is -0.600 e. The highest BCUT2D eigenvalue weighted by Gasteiger charge is 2.29. The summed E-state index contributed by atoms with van der Waals surface area (Å²) < 4.78 is 0. The second kappa shape index (κ2) is 3.64. The lowest BCUT2D eigenvalue weighted by atomic mass is 9.92. The van der Waals surface area contributed by atoms with Crippen LogP contribution in [0.15, 0.2) is 5.11 Å². The molecule has 0 aliphatic heterocycles. The molecule has 13 heavy (non-hydrogen) atoms. The van der Waals surface area contributed by atoms with Gasteiger partial charge in [0, 0.05) is 20.8 Å². The molecule has 0 fully saturated rings. The van der Waals surface area contributed by atoms with E-state index in [1.807, 2.05) is 34.6 Å². The number of hydrogen-bond donors (Lipinski definition) is 0. The van der Waals surface area contributed by atoms with Crippen LogP contribution >= 0.6 is 0 Å². The van der Waals surface area contributed by atoms with E-state index in [1.165, 1.54) is 0 Å². The fourth-order valence-electron chi connectivity index (χ4n) is 0.500. The second-order valence-corrected chi connectivity index (χ2v) is 5.35. The molecule has 0 bridgehead atoms. The van der Waals surface area contributed by atoms with Crippen molar-refractivity contribution in [3.8, 4) is 0 Å². The molecule has 0 amide bonds. The van der Waals surface area contributed by atoms with Gasteiger partial charge in [0.2, 0.25) is 0 Å². The van der Waals surface area contributed by atoms with E-state index in [0.717, 1.165) is 4.86 Å². The van der Waals surface area contributed by atoms with Crippen LogP contribution in [0.25, 0.3) is 0 Å². The zero-order chi connectivity index (χ0) is 10.9. The average molecular weight is 186 g/mol. The molecule has 0 aromatic carbocycles. The van der Waals surface area contributed by atoms with Gasteiger partial charge in [-0.25, -0.2) is 0 Å². The van der Waals surface area contributed by atoms with Gasteiger partial charge in [0.15, 0.2) is 5.54 Å². The Balaban J connectivity index is 4.75. The van der Waals surface area contributed by atoms with Crippen molar-refractivity contribution in [2.24, 2.45) is 11.0 Å². The van der Waals surface area contributed by atoms with Gasteiger partial charge in [0.25, 0.3) is 0 Å². The van der Waals surface area contributed by atoms with Crippen molar-refractivity contribution in [3.63, 3.8) is 0 Å². The van der Waals surface area contributed by atoms with Gasteiger partial charge in [-0.05, 0) is 24.9 Å². The van der Waals surface area contributed by atoms with Crippen molar-refractivity contribution in [1.82, 2.24) is 0 Å². The molecule has 3 heteroatoms. The van der Waals surface area contributed by atoms with Crippen molar-refractivity contribution >= 4 is 0 Å². The molecule has 0 heterocycles. The van der Waals surface area contributed by atoms with E-state index in [2.05, 4.69) is 19.0 Å². The zero-order valence-electron chi connectivity index (χ0n) is 9.88. The van der Waals surface area contributed by atoms with E-state index >= 15 is 0 Å². The summed E-state index contributed by atoms with van der Waals surface area (Å²) in [5.74, 6) is 0.367. The molecule has 0 unspecified atom stereocenters. The highest BCUT2D eigenvalue weighted by molar-refractivity contribution is 4.77. The Morgan fingerprint density at radius 1 is 1.08 bits per heavy atom. The van der Waals surface area contributed by atoms with Crippen LogP contribution in [0, 0.1) is 11.1 Å². The molecular formula is C10H22N2O. The van der Waals surface area contributed by atoms with Gasteiger partial charge in [-0.15, -0.1) is 0 Å². The SMILES string of the molecule is CC(C)C(C)(C)N=[N+]([O-])C(C)(C)C. The molecule has 0 saturated heterocycles. The first kappa shape index (κ1) is 12.4. The fourth-order valence-corrected chi connectivity index (χ4v) is 0.500. The standard InChI is InChI=1S/C10H22N2O/c1-8(2)10(6,7)11-12(13)9(3,4)5/h8H,1-7H3. The summed E-state index contributed by atoms with van der Waals surface area (Å²) in [6.45, 7) is 13.7. The molecule has 0 rings (SSSR count). The second-order valence-electron chi connectivity index (χ2n) is 5.35.